The molecule has 0 aliphatic rings. The van der Waals surface area contributed by atoms with E-state index in [2.05, 4.69) is 50.2 Å². The van der Waals surface area contributed by atoms with Crippen molar-refractivity contribution in [1.29, 1.82) is 0 Å². The van der Waals surface area contributed by atoms with Crippen LogP contribution in [0.25, 0.3) is 22.3 Å². The number of rotatable bonds is 2. The first-order valence-corrected chi connectivity index (χ1v) is 8.41. The molecule has 0 amide bonds. The van der Waals surface area contributed by atoms with Crippen LogP contribution >= 0.6 is 0 Å². The van der Waals surface area contributed by atoms with Crippen LogP contribution in [-0.2, 0) is 0 Å². The summed E-state index contributed by atoms with van der Waals surface area (Å²) in [6.07, 6.45) is 0. The van der Waals surface area contributed by atoms with Gasteiger partial charge in [-0.25, -0.2) is 4.99 Å². The van der Waals surface area contributed by atoms with Crippen molar-refractivity contribution in [2.24, 2.45) is 4.99 Å². The van der Waals surface area contributed by atoms with Crippen LogP contribution in [0.2, 0.25) is 0 Å². The van der Waals surface area contributed by atoms with Crippen molar-refractivity contribution in [3.8, 4) is 11.3 Å². The van der Waals surface area contributed by atoms with E-state index in [0.29, 0.717) is 0 Å². The zero-order chi connectivity index (χ0) is 17.2. The first kappa shape index (κ1) is 15.4. The quantitative estimate of drug-likeness (QED) is 0.447. The molecule has 1 heterocycles. The monoisotopic (exact) mass is 325 g/mol. The third kappa shape index (κ3) is 3.11. The van der Waals surface area contributed by atoms with E-state index in [1.807, 2.05) is 42.5 Å². The fourth-order valence-electron chi connectivity index (χ4n) is 3.01. The maximum atomic E-state index is 6.12. The topological polar surface area (TPSA) is 25.5 Å². The van der Waals surface area contributed by atoms with Crippen molar-refractivity contribution in [3.63, 3.8) is 0 Å². The normalized spacial score (nSPS) is 11.8. The Balaban J connectivity index is 2.00. The Hall–Kier alpha value is -3.13. The number of para-hydroxylation sites is 1. The van der Waals surface area contributed by atoms with Crippen LogP contribution < -0.4 is 5.36 Å². The van der Waals surface area contributed by atoms with Crippen molar-refractivity contribution >= 4 is 16.7 Å². The number of benzene rings is 3. The summed E-state index contributed by atoms with van der Waals surface area (Å²) >= 11 is 0. The molecule has 122 valence electrons. The Morgan fingerprint density at radius 1 is 0.760 bits per heavy atom. The molecular weight excluding hydrogens is 306 g/mol. The number of fused-ring (bicyclic) bond motifs is 1. The highest BCUT2D eigenvalue weighted by atomic mass is 16.3. The maximum Gasteiger partial charge on any atom is 0.136 e. The van der Waals surface area contributed by atoms with Gasteiger partial charge in [0, 0.05) is 17.0 Å². The van der Waals surface area contributed by atoms with Gasteiger partial charge in [0.15, 0.2) is 0 Å². The lowest BCUT2D eigenvalue weighted by Gasteiger charge is -2.06. The van der Waals surface area contributed by atoms with Gasteiger partial charge < -0.3 is 4.42 Å². The molecule has 0 saturated heterocycles. The minimum Gasteiger partial charge on any atom is -0.456 e. The van der Waals surface area contributed by atoms with Crippen molar-refractivity contribution in [2.45, 2.75) is 13.8 Å². The predicted octanol–water partition coefficient (Wildman–Crippen LogP) is 5.95. The molecule has 0 aliphatic carbocycles. The first-order valence-electron chi connectivity index (χ1n) is 8.41. The standard InChI is InChI=1S/C23H19NO/c1-16-12-13-20(17(2)14-16)24-21-15-23(18-8-4-3-5-9-18)25-22-11-7-6-10-19(21)22/h3-15H,1-2H3. The molecule has 0 unspecified atom stereocenters. The zero-order valence-electron chi connectivity index (χ0n) is 14.4. The molecule has 2 nitrogen and oxygen atoms in total. The summed E-state index contributed by atoms with van der Waals surface area (Å²) in [6.45, 7) is 4.19. The van der Waals surface area contributed by atoms with E-state index in [1.165, 1.54) is 11.1 Å². The molecule has 0 fully saturated rings. The number of hydrogen-bond acceptors (Lipinski definition) is 2. The highest BCUT2D eigenvalue weighted by molar-refractivity contribution is 5.78. The summed E-state index contributed by atoms with van der Waals surface area (Å²) in [5.74, 6) is 0.822. The summed E-state index contributed by atoms with van der Waals surface area (Å²) in [4.78, 5) is 4.94. The van der Waals surface area contributed by atoms with E-state index in [1.54, 1.807) is 0 Å². The van der Waals surface area contributed by atoms with E-state index in [0.717, 1.165) is 33.3 Å². The molecular formula is C23H19NO. The van der Waals surface area contributed by atoms with Gasteiger partial charge in [-0.1, -0.05) is 60.2 Å². The zero-order valence-corrected chi connectivity index (χ0v) is 14.4. The SMILES string of the molecule is Cc1ccc(N=c2cc(-c3ccccc3)oc3ccccc23)c(C)c1. The minimum absolute atomic E-state index is 0.822. The van der Waals surface area contributed by atoms with Crippen molar-refractivity contribution in [1.82, 2.24) is 0 Å². The molecule has 4 aromatic rings. The molecule has 2 heteroatoms. The average molecular weight is 325 g/mol. The summed E-state index contributed by atoms with van der Waals surface area (Å²) in [7, 11) is 0. The van der Waals surface area contributed by atoms with Gasteiger partial charge in [0.25, 0.3) is 0 Å². The molecule has 1 aromatic heterocycles. The van der Waals surface area contributed by atoms with E-state index in [4.69, 9.17) is 9.41 Å². The smallest absolute Gasteiger partial charge is 0.136 e. The van der Waals surface area contributed by atoms with Crippen molar-refractivity contribution in [3.05, 3.63) is 95.3 Å². The predicted molar refractivity (Wildman–Crippen MR) is 103 cm³/mol. The van der Waals surface area contributed by atoms with Crippen LogP contribution in [0.1, 0.15) is 11.1 Å². The fourth-order valence-corrected chi connectivity index (χ4v) is 3.01. The van der Waals surface area contributed by atoms with Crippen LogP contribution in [0.15, 0.2) is 88.3 Å². The third-order valence-electron chi connectivity index (χ3n) is 4.30. The van der Waals surface area contributed by atoms with Crippen LogP contribution in [-0.4, -0.2) is 0 Å². The van der Waals surface area contributed by atoms with Crippen LogP contribution in [0.4, 0.5) is 5.69 Å². The van der Waals surface area contributed by atoms with Gasteiger partial charge >= 0.3 is 0 Å². The largest absolute Gasteiger partial charge is 0.456 e. The number of nitrogens with zero attached hydrogens (tertiary/aromatic N) is 1. The number of hydrogen-bond donors (Lipinski definition) is 0. The van der Waals surface area contributed by atoms with E-state index in [9.17, 15) is 0 Å². The maximum absolute atomic E-state index is 6.12. The van der Waals surface area contributed by atoms with Gasteiger partial charge in [-0.3, -0.25) is 0 Å². The summed E-state index contributed by atoms with van der Waals surface area (Å²) < 4.78 is 6.12. The Kier molecular flexibility index (Phi) is 3.95. The van der Waals surface area contributed by atoms with Gasteiger partial charge in [-0.2, -0.15) is 0 Å². The third-order valence-corrected chi connectivity index (χ3v) is 4.30. The molecule has 0 atom stereocenters. The molecule has 0 bridgehead atoms. The van der Waals surface area contributed by atoms with Gasteiger partial charge in [0.1, 0.15) is 11.3 Å². The molecule has 25 heavy (non-hydrogen) atoms. The molecule has 0 N–H and O–H groups in total. The Bertz CT molecular complexity index is 1110. The molecule has 0 aliphatic heterocycles. The summed E-state index contributed by atoms with van der Waals surface area (Å²) in [5.41, 5.74) is 5.29. The van der Waals surface area contributed by atoms with Gasteiger partial charge in [-0.05, 0) is 37.6 Å². The Labute approximate surface area is 147 Å². The first-order chi connectivity index (χ1) is 12.2. The van der Waals surface area contributed by atoms with E-state index < -0.39 is 0 Å². The average Bonchev–Trinajstić information content (AvgIpc) is 2.64. The fraction of sp³-hybridized carbons (Fsp3) is 0.0870. The van der Waals surface area contributed by atoms with Crippen LogP contribution in [0.3, 0.4) is 0 Å². The highest BCUT2D eigenvalue weighted by Crippen LogP contribution is 2.23. The van der Waals surface area contributed by atoms with Crippen LogP contribution in [0, 0.1) is 13.8 Å². The molecule has 0 radical (unpaired) electrons. The van der Waals surface area contributed by atoms with Crippen LogP contribution in [0.5, 0.6) is 0 Å². The molecule has 4 rings (SSSR count). The highest BCUT2D eigenvalue weighted by Gasteiger charge is 2.06. The lowest BCUT2D eigenvalue weighted by molar-refractivity contribution is 0.618. The van der Waals surface area contributed by atoms with Gasteiger partial charge in [-0.15, -0.1) is 0 Å². The second-order valence-corrected chi connectivity index (χ2v) is 6.26. The van der Waals surface area contributed by atoms with E-state index >= 15 is 0 Å². The lowest BCUT2D eigenvalue weighted by atomic mass is 10.1. The van der Waals surface area contributed by atoms with E-state index in [-0.39, 0.29) is 0 Å². The molecule has 0 saturated carbocycles. The summed E-state index contributed by atoms with van der Waals surface area (Å²) in [5, 5.41) is 1.94. The van der Waals surface area contributed by atoms with Crippen molar-refractivity contribution < 1.29 is 4.42 Å². The number of aryl methyl sites for hydroxylation is 2. The minimum atomic E-state index is 0.822. The Morgan fingerprint density at radius 2 is 1.52 bits per heavy atom. The summed E-state index contributed by atoms with van der Waals surface area (Å²) in [6, 6.07) is 26.5. The van der Waals surface area contributed by atoms with Gasteiger partial charge in [0.05, 0.1) is 11.0 Å². The van der Waals surface area contributed by atoms with Gasteiger partial charge in [0.2, 0.25) is 0 Å². The Morgan fingerprint density at radius 3 is 2.32 bits per heavy atom. The molecule has 3 aromatic carbocycles. The lowest BCUT2D eigenvalue weighted by Crippen LogP contribution is -2.03. The second kappa shape index (κ2) is 6.40. The second-order valence-electron chi connectivity index (χ2n) is 6.26. The van der Waals surface area contributed by atoms with Crippen molar-refractivity contribution in [2.75, 3.05) is 0 Å². The molecule has 0 spiro atoms.